The number of nitrogens with two attached hydrogens (primary N) is 1. The molecule has 0 aromatic carbocycles. The number of hydrogen-bond acceptors (Lipinski definition) is 4. The number of hydrogen-bond donors (Lipinski definition) is 1. The molecule has 0 saturated carbocycles. The van der Waals surface area contributed by atoms with Gasteiger partial charge in [-0.15, -0.1) is 0 Å². The molecule has 2 heterocycles. The van der Waals surface area contributed by atoms with Crippen LogP contribution in [-0.4, -0.2) is 28.0 Å². The summed E-state index contributed by atoms with van der Waals surface area (Å²) in [4.78, 5) is 16.1. The Kier molecular flexibility index (Phi) is 3.57. The quantitative estimate of drug-likeness (QED) is 0.851. The summed E-state index contributed by atoms with van der Waals surface area (Å²) in [7, 11) is 1.38. The Morgan fingerprint density at radius 3 is 2.84 bits per heavy atom. The molecule has 0 spiro atoms. The van der Waals surface area contributed by atoms with Crippen LogP contribution in [0.5, 0.6) is 0 Å². The summed E-state index contributed by atoms with van der Waals surface area (Å²) in [5.41, 5.74) is 7.28. The smallest absolute Gasteiger partial charge is 0.306 e. The summed E-state index contributed by atoms with van der Waals surface area (Å²) in [6, 6.07) is 5.78. The molecule has 0 radical (unpaired) electrons. The lowest BCUT2D eigenvalue weighted by atomic mass is 9.83. The summed E-state index contributed by atoms with van der Waals surface area (Å²) < 4.78 is 6.66. The number of carbonyl (C=O) groups excluding carboxylic acids is 1. The van der Waals surface area contributed by atoms with Gasteiger partial charge in [0.05, 0.1) is 19.2 Å². The van der Waals surface area contributed by atoms with Crippen molar-refractivity contribution in [2.75, 3.05) is 7.11 Å². The molecular weight excluding hydrogens is 242 g/mol. The Morgan fingerprint density at radius 1 is 1.53 bits per heavy atom. The van der Waals surface area contributed by atoms with Crippen molar-refractivity contribution < 1.29 is 9.53 Å². The Hall–Kier alpha value is -1.88. The van der Waals surface area contributed by atoms with Gasteiger partial charge in [0.2, 0.25) is 0 Å². The van der Waals surface area contributed by atoms with Crippen molar-refractivity contribution in [3.05, 3.63) is 36.3 Å². The molecule has 0 amide bonds. The summed E-state index contributed by atoms with van der Waals surface area (Å²) in [6.07, 6.45) is 4.06. The van der Waals surface area contributed by atoms with Crippen molar-refractivity contribution in [3.8, 4) is 0 Å². The van der Waals surface area contributed by atoms with E-state index >= 15 is 0 Å². The number of carbonyl (C=O) groups is 1. The number of methoxy groups -OCH3 is 1. The van der Waals surface area contributed by atoms with Gasteiger partial charge in [-0.2, -0.15) is 0 Å². The highest BCUT2D eigenvalue weighted by Crippen LogP contribution is 2.29. The fourth-order valence-electron chi connectivity index (χ4n) is 2.12. The maximum Gasteiger partial charge on any atom is 0.306 e. The number of nitrogens with zero attached hydrogens (tertiary/aromatic N) is 2. The van der Waals surface area contributed by atoms with Gasteiger partial charge >= 0.3 is 5.97 Å². The standard InChI is InChI=1S/C14H19N3O2/c1-14(2,15)10(8-13(18)19-3)11-9-17-7-5-4-6-12(17)16-11/h4-7,9-10H,8,15H2,1-3H3. The number of pyridine rings is 1. The van der Waals surface area contributed by atoms with Gasteiger partial charge in [-0.05, 0) is 26.0 Å². The molecule has 0 aliphatic carbocycles. The van der Waals surface area contributed by atoms with E-state index in [0.29, 0.717) is 0 Å². The van der Waals surface area contributed by atoms with Gasteiger partial charge in [0, 0.05) is 23.9 Å². The number of esters is 1. The first-order chi connectivity index (χ1) is 8.91. The third kappa shape index (κ3) is 2.93. The summed E-state index contributed by atoms with van der Waals surface area (Å²) >= 11 is 0. The lowest BCUT2D eigenvalue weighted by Gasteiger charge is -2.28. The van der Waals surface area contributed by atoms with E-state index < -0.39 is 5.54 Å². The van der Waals surface area contributed by atoms with Gasteiger partial charge < -0.3 is 14.9 Å². The van der Waals surface area contributed by atoms with Gasteiger partial charge in [0.1, 0.15) is 5.65 Å². The van der Waals surface area contributed by atoms with Crippen molar-refractivity contribution in [3.63, 3.8) is 0 Å². The largest absolute Gasteiger partial charge is 0.469 e. The second-order valence-electron chi connectivity index (χ2n) is 5.29. The highest BCUT2D eigenvalue weighted by molar-refractivity contribution is 5.70. The third-order valence-corrected chi connectivity index (χ3v) is 3.24. The molecule has 5 heteroatoms. The summed E-state index contributed by atoms with van der Waals surface area (Å²) in [5.74, 6) is -0.458. The first kappa shape index (κ1) is 13.5. The first-order valence-corrected chi connectivity index (χ1v) is 6.21. The van der Waals surface area contributed by atoms with Gasteiger partial charge in [-0.25, -0.2) is 4.98 Å². The van der Waals surface area contributed by atoms with Crippen LogP contribution >= 0.6 is 0 Å². The predicted molar refractivity (Wildman–Crippen MR) is 72.8 cm³/mol. The Labute approximate surface area is 112 Å². The molecule has 102 valence electrons. The summed E-state index contributed by atoms with van der Waals surface area (Å²) in [5, 5.41) is 0. The average molecular weight is 261 g/mol. The molecule has 1 atom stereocenters. The number of imidazole rings is 1. The minimum absolute atomic E-state index is 0.181. The Balaban J connectivity index is 2.39. The fraction of sp³-hybridized carbons (Fsp3) is 0.429. The van der Waals surface area contributed by atoms with Crippen LogP contribution in [-0.2, 0) is 9.53 Å². The highest BCUT2D eigenvalue weighted by atomic mass is 16.5. The lowest BCUT2D eigenvalue weighted by Crippen LogP contribution is -2.40. The van der Waals surface area contributed by atoms with Gasteiger partial charge in [0.15, 0.2) is 0 Å². The molecule has 1 unspecified atom stereocenters. The predicted octanol–water partition coefficient (Wildman–Crippen LogP) is 1.72. The highest BCUT2D eigenvalue weighted by Gasteiger charge is 2.31. The molecular formula is C14H19N3O2. The molecule has 2 aromatic rings. The second kappa shape index (κ2) is 5.01. The van der Waals surface area contributed by atoms with Crippen LogP contribution in [0.1, 0.15) is 31.9 Å². The molecule has 5 nitrogen and oxygen atoms in total. The van der Waals surface area contributed by atoms with Crippen molar-refractivity contribution in [2.24, 2.45) is 5.73 Å². The molecule has 0 aliphatic rings. The zero-order chi connectivity index (χ0) is 14.0. The zero-order valence-electron chi connectivity index (χ0n) is 11.5. The van der Waals surface area contributed by atoms with Crippen molar-refractivity contribution in [1.82, 2.24) is 9.38 Å². The maximum atomic E-state index is 11.5. The first-order valence-electron chi connectivity index (χ1n) is 6.21. The van der Waals surface area contributed by atoms with Crippen LogP contribution in [0.25, 0.3) is 5.65 Å². The van der Waals surface area contributed by atoms with E-state index in [1.54, 1.807) is 0 Å². The number of fused-ring (bicyclic) bond motifs is 1. The Morgan fingerprint density at radius 2 is 2.26 bits per heavy atom. The van der Waals surface area contributed by atoms with Crippen LogP contribution in [0.2, 0.25) is 0 Å². The number of aromatic nitrogens is 2. The fourth-order valence-corrected chi connectivity index (χ4v) is 2.12. The SMILES string of the molecule is COC(=O)CC(c1cn2ccccc2n1)C(C)(C)N. The minimum Gasteiger partial charge on any atom is -0.469 e. The van der Waals surface area contributed by atoms with E-state index in [1.807, 2.05) is 48.8 Å². The molecule has 2 rings (SSSR count). The van der Waals surface area contributed by atoms with E-state index in [4.69, 9.17) is 10.5 Å². The topological polar surface area (TPSA) is 69.6 Å². The van der Waals surface area contributed by atoms with Crippen molar-refractivity contribution in [2.45, 2.75) is 31.7 Å². The molecule has 0 saturated heterocycles. The summed E-state index contributed by atoms with van der Waals surface area (Å²) in [6.45, 7) is 3.79. The number of rotatable bonds is 4. The van der Waals surface area contributed by atoms with Crippen LogP contribution in [0, 0.1) is 0 Å². The zero-order valence-corrected chi connectivity index (χ0v) is 11.5. The molecule has 19 heavy (non-hydrogen) atoms. The average Bonchev–Trinajstić information content (AvgIpc) is 2.77. The Bertz CT molecular complexity index is 551. The normalized spacial score (nSPS) is 13.5. The van der Waals surface area contributed by atoms with Crippen LogP contribution in [0.4, 0.5) is 0 Å². The molecule has 0 bridgehead atoms. The molecule has 2 aromatic heterocycles. The number of ether oxygens (including phenoxy) is 1. The van der Waals surface area contributed by atoms with E-state index in [9.17, 15) is 4.79 Å². The second-order valence-corrected chi connectivity index (χ2v) is 5.29. The van der Waals surface area contributed by atoms with Crippen molar-refractivity contribution >= 4 is 11.6 Å². The third-order valence-electron chi connectivity index (χ3n) is 3.24. The lowest BCUT2D eigenvalue weighted by molar-refractivity contribution is -0.141. The van der Waals surface area contributed by atoms with E-state index in [1.165, 1.54) is 7.11 Å². The van der Waals surface area contributed by atoms with E-state index in [0.717, 1.165) is 11.3 Å². The van der Waals surface area contributed by atoms with Crippen LogP contribution in [0.15, 0.2) is 30.6 Å². The minimum atomic E-state index is -0.549. The van der Waals surface area contributed by atoms with Gasteiger partial charge in [-0.3, -0.25) is 4.79 Å². The molecule has 0 aliphatic heterocycles. The van der Waals surface area contributed by atoms with E-state index in [-0.39, 0.29) is 18.3 Å². The van der Waals surface area contributed by atoms with Crippen LogP contribution < -0.4 is 5.73 Å². The monoisotopic (exact) mass is 261 g/mol. The van der Waals surface area contributed by atoms with Crippen molar-refractivity contribution in [1.29, 1.82) is 0 Å². The van der Waals surface area contributed by atoms with Gasteiger partial charge in [0.25, 0.3) is 0 Å². The molecule has 2 N–H and O–H groups in total. The van der Waals surface area contributed by atoms with E-state index in [2.05, 4.69) is 4.98 Å². The van der Waals surface area contributed by atoms with Crippen LogP contribution in [0.3, 0.4) is 0 Å². The molecule has 0 fully saturated rings. The van der Waals surface area contributed by atoms with Gasteiger partial charge in [-0.1, -0.05) is 6.07 Å². The maximum absolute atomic E-state index is 11.5.